The molecule has 3 heteroatoms. The predicted octanol–water partition coefficient (Wildman–Crippen LogP) is 3.58. The van der Waals surface area contributed by atoms with Crippen LogP contribution in [0.25, 0.3) is 16.9 Å². The average Bonchev–Trinajstić information content (AvgIpc) is 2.58. The quantitative estimate of drug-likeness (QED) is 0.804. The minimum atomic E-state index is -0.0607. The third kappa shape index (κ3) is 2.83. The molecule has 0 saturated carbocycles. The summed E-state index contributed by atoms with van der Waals surface area (Å²) in [7, 11) is 0. The highest BCUT2D eigenvalue weighted by atomic mass is 16.1. The number of hydrogen-bond acceptors (Lipinski definition) is 2. The highest BCUT2D eigenvalue weighted by Crippen LogP contribution is 2.24. The Bertz CT molecular complexity index is 895. The zero-order valence-electron chi connectivity index (χ0n) is 13.4. The molecule has 2 N–H and O–H groups in total. The van der Waals surface area contributed by atoms with Crippen molar-refractivity contribution in [3.05, 3.63) is 87.7 Å². The van der Waals surface area contributed by atoms with Gasteiger partial charge in [-0.25, -0.2) is 0 Å². The van der Waals surface area contributed by atoms with Crippen molar-refractivity contribution in [3.8, 4) is 16.9 Å². The maximum Gasteiger partial charge on any atom is 0.260 e. The third-order valence-corrected chi connectivity index (χ3v) is 4.20. The SMILES string of the molecule is Cc1ccc(-c2ccc(CN)c(=O)n2-c2ccccc2)cc1C. The Labute approximate surface area is 136 Å². The fourth-order valence-corrected chi connectivity index (χ4v) is 2.69. The van der Waals surface area contributed by atoms with Gasteiger partial charge in [0.05, 0.1) is 5.69 Å². The van der Waals surface area contributed by atoms with Crippen molar-refractivity contribution >= 4 is 0 Å². The number of aromatic nitrogens is 1. The largest absolute Gasteiger partial charge is 0.326 e. The predicted molar refractivity (Wildman–Crippen MR) is 94.8 cm³/mol. The smallest absolute Gasteiger partial charge is 0.260 e. The number of nitrogens with two attached hydrogens (primary N) is 1. The normalized spacial score (nSPS) is 10.7. The van der Waals surface area contributed by atoms with Crippen LogP contribution in [-0.4, -0.2) is 4.57 Å². The highest BCUT2D eigenvalue weighted by molar-refractivity contribution is 5.64. The number of hydrogen-bond donors (Lipinski definition) is 1. The van der Waals surface area contributed by atoms with Crippen molar-refractivity contribution in [2.24, 2.45) is 5.73 Å². The van der Waals surface area contributed by atoms with Gasteiger partial charge in [-0.3, -0.25) is 9.36 Å². The van der Waals surface area contributed by atoms with Crippen LogP contribution in [0.3, 0.4) is 0 Å². The van der Waals surface area contributed by atoms with Gasteiger partial charge in [0.2, 0.25) is 0 Å². The van der Waals surface area contributed by atoms with Crippen molar-refractivity contribution in [1.29, 1.82) is 0 Å². The number of para-hydroxylation sites is 1. The summed E-state index contributed by atoms with van der Waals surface area (Å²) in [4.78, 5) is 12.8. The Morgan fingerprint density at radius 3 is 2.30 bits per heavy atom. The van der Waals surface area contributed by atoms with Gasteiger partial charge in [0, 0.05) is 17.8 Å². The fraction of sp³-hybridized carbons (Fsp3) is 0.150. The van der Waals surface area contributed by atoms with E-state index in [9.17, 15) is 4.79 Å². The average molecular weight is 304 g/mol. The van der Waals surface area contributed by atoms with E-state index < -0.39 is 0 Å². The number of benzene rings is 2. The Morgan fingerprint density at radius 2 is 1.65 bits per heavy atom. The molecule has 0 amide bonds. The van der Waals surface area contributed by atoms with E-state index in [2.05, 4.69) is 32.0 Å². The number of pyridine rings is 1. The van der Waals surface area contributed by atoms with E-state index in [1.807, 2.05) is 42.5 Å². The molecule has 0 bridgehead atoms. The van der Waals surface area contributed by atoms with Gasteiger partial charge in [-0.2, -0.15) is 0 Å². The van der Waals surface area contributed by atoms with E-state index in [4.69, 9.17) is 5.73 Å². The summed E-state index contributed by atoms with van der Waals surface area (Å²) in [6.45, 7) is 4.40. The lowest BCUT2D eigenvalue weighted by atomic mass is 10.0. The van der Waals surface area contributed by atoms with E-state index >= 15 is 0 Å². The van der Waals surface area contributed by atoms with Gasteiger partial charge in [-0.1, -0.05) is 36.4 Å². The second-order valence-corrected chi connectivity index (χ2v) is 5.72. The Morgan fingerprint density at radius 1 is 0.913 bits per heavy atom. The van der Waals surface area contributed by atoms with Crippen molar-refractivity contribution in [3.63, 3.8) is 0 Å². The fourth-order valence-electron chi connectivity index (χ4n) is 2.69. The third-order valence-electron chi connectivity index (χ3n) is 4.20. The van der Waals surface area contributed by atoms with Crippen LogP contribution in [0.1, 0.15) is 16.7 Å². The van der Waals surface area contributed by atoms with Crippen molar-refractivity contribution in [2.75, 3.05) is 0 Å². The lowest BCUT2D eigenvalue weighted by Crippen LogP contribution is -2.25. The van der Waals surface area contributed by atoms with Gasteiger partial charge in [-0.05, 0) is 54.8 Å². The zero-order chi connectivity index (χ0) is 16.4. The monoisotopic (exact) mass is 304 g/mol. The molecule has 3 rings (SSSR count). The van der Waals surface area contributed by atoms with Crippen LogP contribution in [0.4, 0.5) is 0 Å². The molecule has 0 aliphatic rings. The van der Waals surface area contributed by atoms with Crippen LogP contribution < -0.4 is 11.3 Å². The molecule has 2 aromatic carbocycles. The van der Waals surface area contributed by atoms with Gasteiger partial charge in [-0.15, -0.1) is 0 Å². The van der Waals surface area contributed by atoms with Crippen LogP contribution in [0.2, 0.25) is 0 Å². The molecule has 1 aromatic heterocycles. The summed E-state index contributed by atoms with van der Waals surface area (Å²) in [6.07, 6.45) is 0. The summed E-state index contributed by atoms with van der Waals surface area (Å²) in [5.74, 6) is 0. The van der Waals surface area contributed by atoms with Crippen LogP contribution in [0, 0.1) is 13.8 Å². The van der Waals surface area contributed by atoms with E-state index in [1.165, 1.54) is 11.1 Å². The lowest BCUT2D eigenvalue weighted by molar-refractivity contribution is 0.932. The van der Waals surface area contributed by atoms with Gasteiger partial charge in [0.1, 0.15) is 0 Å². The molecule has 116 valence electrons. The molecule has 0 fully saturated rings. The highest BCUT2D eigenvalue weighted by Gasteiger charge is 2.12. The molecular formula is C20H20N2O. The van der Waals surface area contributed by atoms with E-state index in [1.54, 1.807) is 4.57 Å². The first-order valence-corrected chi connectivity index (χ1v) is 7.70. The summed E-state index contributed by atoms with van der Waals surface area (Å²) in [5.41, 5.74) is 11.5. The van der Waals surface area contributed by atoms with Crippen LogP contribution in [-0.2, 0) is 6.54 Å². The molecule has 3 aromatic rings. The minimum absolute atomic E-state index is 0.0607. The summed E-state index contributed by atoms with van der Waals surface area (Å²) >= 11 is 0. The second-order valence-electron chi connectivity index (χ2n) is 5.72. The van der Waals surface area contributed by atoms with Gasteiger partial charge in [0.15, 0.2) is 0 Å². The molecule has 0 radical (unpaired) electrons. The van der Waals surface area contributed by atoms with Crippen LogP contribution >= 0.6 is 0 Å². The summed E-state index contributed by atoms with van der Waals surface area (Å²) in [6, 6.07) is 19.7. The van der Waals surface area contributed by atoms with Gasteiger partial charge < -0.3 is 5.73 Å². The molecule has 1 heterocycles. The maximum atomic E-state index is 12.8. The van der Waals surface area contributed by atoms with Crippen molar-refractivity contribution in [1.82, 2.24) is 4.57 Å². The molecule has 23 heavy (non-hydrogen) atoms. The molecule has 0 aliphatic carbocycles. The zero-order valence-corrected chi connectivity index (χ0v) is 13.4. The first kappa shape index (κ1) is 15.3. The van der Waals surface area contributed by atoms with E-state index in [-0.39, 0.29) is 12.1 Å². The van der Waals surface area contributed by atoms with Crippen molar-refractivity contribution in [2.45, 2.75) is 20.4 Å². The van der Waals surface area contributed by atoms with Crippen molar-refractivity contribution < 1.29 is 0 Å². The Balaban J connectivity index is 2.31. The van der Waals surface area contributed by atoms with Crippen LogP contribution in [0.5, 0.6) is 0 Å². The Kier molecular flexibility index (Phi) is 4.13. The molecule has 3 nitrogen and oxygen atoms in total. The molecule has 0 unspecified atom stereocenters. The first-order chi connectivity index (χ1) is 11.1. The summed E-state index contributed by atoms with van der Waals surface area (Å²) < 4.78 is 1.74. The van der Waals surface area contributed by atoms with E-state index in [0.29, 0.717) is 5.56 Å². The van der Waals surface area contributed by atoms with Gasteiger partial charge in [0.25, 0.3) is 5.56 Å². The molecule has 0 aliphatic heterocycles. The molecule has 0 saturated heterocycles. The second kappa shape index (κ2) is 6.23. The molecule has 0 atom stereocenters. The number of rotatable bonds is 3. The van der Waals surface area contributed by atoms with Gasteiger partial charge >= 0.3 is 0 Å². The molecular weight excluding hydrogens is 284 g/mol. The summed E-state index contributed by atoms with van der Waals surface area (Å²) in [5, 5.41) is 0. The molecule has 0 spiro atoms. The van der Waals surface area contributed by atoms with E-state index in [0.717, 1.165) is 16.9 Å². The number of aryl methyl sites for hydroxylation is 2. The minimum Gasteiger partial charge on any atom is -0.326 e. The topological polar surface area (TPSA) is 48.0 Å². The maximum absolute atomic E-state index is 12.8. The lowest BCUT2D eigenvalue weighted by Gasteiger charge is -2.15. The number of nitrogens with zero attached hydrogens (tertiary/aromatic N) is 1. The Hall–Kier alpha value is -2.65. The standard InChI is InChI=1S/C20H20N2O/c1-14-8-9-16(12-15(14)2)19-11-10-17(13-21)20(23)22(19)18-6-4-3-5-7-18/h3-12H,13,21H2,1-2H3. The first-order valence-electron chi connectivity index (χ1n) is 7.70. The van der Waals surface area contributed by atoms with Crippen LogP contribution in [0.15, 0.2) is 65.5 Å².